The molecule has 23 heavy (non-hydrogen) atoms. The Morgan fingerprint density at radius 1 is 1.04 bits per heavy atom. The lowest BCUT2D eigenvalue weighted by Gasteiger charge is -2.08. The number of carbonyl (C=O) groups is 3. The van der Waals surface area contributed by atoms with Crippen molar-refractivity contribution in [3.05, 3.63) is 35.4 Å². The fourth-order valence-electron chi connectivity index (χ4n) is 2.01. The van der Waals surface area contributed by atoms with Gasteiger partial charge in [0.1, 0.15) is 0 Å². The van der Waals surface area contributed by atoms with Crippen LogP contribution in [0.25, 0.3) is 0 Å². The molecule has 1 N–H and O–H groups in total. The summed E-state index contributed by atoms with van der Waals surface area (Å²) in [7, 11) is 0. The second kappa shape index (κ2) is 9.77. The molecule has 1 aromatic carbocycles. The molecule has 0 radical (unpaired) electrons. The van der Waals surface area contributed by atoms with Crippen LogP contribution in [0.15, 0.2) is 24.3 Å². The van der Waals surface area contributed by atoms with E-state index in [-0.39, 0.29) is 49.6 Å². The third-order valence-electron chi connectivity index (χ3n) is 3.28. The quantitative estimate of drug-likeness (QED) is 0.561. The largest absolute Gasteiger partial charge is 0.463 e. The van der Waals surface area contributed by atoms with Crippen LogP contribution in [0.3, 0.4) is 0 Å². The first-order valence-electron chi connectivity index (χ1n) is 8.00. The summed E-state index contributed by atoms with van der Waals surface area (Å²) in [4.78, 5) is 35.0. The van der Waals surface area contributed by atoms with Crippen molar-refractivity contribution in [1.82, 2.24) is 5.32 Å². The van der Waals surface area contributed by atoms with Crippen molar-refractivity contribution < 1.29 is 19.1 Å². The summed E-state index contributed by atoms with van der Waals surface area (Å²) in [5, 5.41) is 2.62. The van der Waals surface area contributed by atoms with Crippen molar-refractivity contribution in [2.75, 3.05) is 6.54 Å². The van der Waals surface area contributed by atoms with Crippen LogP contribution in [0.2, 0.25) is 0 Å². The first-order valence-corrected chi connectivity index (χ1v) is 8.00. The average molecular weight is 319 g/mol. The van der Waals surface area contributed by atoms with Gasteiger partial charge in [0, 0.05) is 24.9 Å². The molecule has 0 unspecified atom stereocenters. The van der Waals surface area contributed by atoms with Gasteiger partial charge in [-0.25, -0.2) is 0 Å². The minimum Gasteiger partial charge on any atom is -0.463 e. The minimum absolute atomic E-state index is 0.0537. The summed E-state index contributed by atoms with van der Waals surface area (Å²) in [5.41, 5.74) is 1.79. The predicted molar refractivity (Wildman–Crippen MR) is 88.2 cm³/mol. The molecule has 0 saturated heterocycles. The van der Waals surface area contributed by atoms with Crippen LogP contribution in [-0.2, 0) is 20.7 Å². The van der Waals surface area contributed by atoms with E-state index < -0.39 is 0 Å². The number of ketones is 1. The highest BCUT2D eigenvalue weighted by molar-refractivity contribution is 5.98. The highest BCUT2D eigenvalue weighted by atomic mass is 16.5. The zero-order chi connectivity index (χ0) is 17.2. The molecular weight excluding hydrogens is 294 g/mol. The van der Waals surface area contributed by atoms with Gasteiger partial charge in [-0.2, -0.15) is 0 Å². The Kier molecular flexibility index (Phi) is 8.02. The van der Waals surface area contributed by atoms with Crippen LogP contribution in [-0.4, -0.2) is 30.3 Å². The second-order valence-corrected chi connectivity index (χ2v) is 5.61. The third kappa shape index (κ3) is 7.58. The van der Waals surface area contributed by atoms with Crippen LogP contribution in [0.1, 0.15) is 56.0 Å². The van der Waals surface area contributed by atoms with Crippen molar-refractivity contribution in [3.8, 4) is 0 Å². The second-order valence-electron chi connectivity index (χ2n) is 5.61. The number of hydrogen-bond donors (Lipinski definition) is 1. The maximum absolute atomic E-state index is 12.0. The van der Waals surface area contributed by atoms with E-state index in [4.69, 9.17) is 4.74 Å². The lowest BCUT2D eigenvalue weighted by molar-refractivity contribution is -0.147. The van der Waals surface area contributed by atoms with E-state index in [9.17, 15) is 14.4 Å². The van der Waals surface area contributed by atoms with Gasteiger partial charge in [0.05, 0.1) is 12.5 Å². The molecule has 0 saturated carbocycles. The third-order valence-corrected chi connectivity index (χ3v) is 3.28. The number of Topliss-reactive ketones (excluding diaryl/α,β-unsaturated/α-hetero) is 1. The van der Waals surface area contributed by atoms with Crippen molar-refractivity contribution in [2.45, 2.75) is 52.6 Å². The molecule has 5 nitrogen and oxygen atoms in total. The first-order chi connectivity index (χ1) is 10.9. The fourth-order valence-corrected chi connectivity index (χ4v) is 2.01. The van der Waals surface area contributed by atoms with E-state index in [0.717, 1.165) is 6.42 Å². The van der Waals surface area contributed by atoms with Crippen molar-refractivity contribution >= 4 is 17.7 Å². The van der Waals surface area contributed by atoms with Crippen LogP contribution in [0.5, 0.6) is 0 Å². The van der Waals surface area contributed by atoms with Crippen LogP contribution >= 0.6 is 0 Å². The normalized spacial score (nSPS) is 10.4. The molecule has 0 aliphatic carbocycles. The van der Waals surface area contributed by atoms with Gasteiger partial charge in [0.15, 0.2) is 5.78 Å². The zero-order valence-corrected chi connectivity index (χ0v) is 14.1. The Balaban J connectivity index is 2.27. The van der Waals surface area contributed by atoms with E-state index in [0.29, 0.717) is 5.56 Å². The molecule has 1 rings (SSSR count). The molecule has 0 atom stereocenters. The van der Waals surface area contributed by atoms with Crippen LogP contribution in [0, 0.1) is 0 Å². The lowest BCUT2D eigenvalue weighted by atomic mass is 10.0. The summed E-state index contributed by atoms with van der Waals surface area (Å²) in [6.07, 6.45) is 1.18. The Morgan fingerprint density at radius 2 is 1.70 bits per heavy atom. The van der Waals surface area contributed by atoms with Gasteiger partial charge >= 0.3 is 5.97 Å². The van der Waals surface area contributed by atoms with E-state index in [1.807, 2.05) is 12.1 Å². The molecular formula is C18H25NO4. The number of rotatable bonds is 9. The van der Waals surface area contributed by atoms with Gasteiger partial charge < -0.3 is 10.1 Å². The standard InChI is InChI=1S/C18H25NO4/c1-4-14-5-7-15(8-6-14)16(20)9-10-17(21)19-12-11-18(22)23-13(2)3/h5-8,13H,4,9-12H2,1-3H3,(H,19,21). The summed E-state index contributed by atoms with van der Waals surface area (Å²) in [6.45, 7) is 5.83. The Morgan fingerprint density at radius 3 is 2.26 bits per heavy atom. The summed E-state index contributed by atoms with van der Waals surface area (Å²) < 4.78 is 4.96. The average Bonchev–Trinajstić information content (AvgIpc) is 2.52. The molecule has 0 aliphatic heterocycles. The maximum atomic E-state index is 12.0. The molecule has 0 aromatic heterocycles. The molecule has 0 bridgehead atoms. The predicted octanol–water partition coefficient (Wildman–Crippen LogP) is 2.67. The van der Waals surface area contributed by atoms with Gasteiger partial charge in [0.25, 0.3) is 0 Å². The number of nitrogens with one attached hydrogen (secondary N) is 1. The van der Waals surface area contributed by atoms with Gasteiger partial charge in [-0.05, 0) is 25.8 Å². The summed E-state index contributed by atoms with van der Waals surface area (Å²) in [6, 6.07) is 7.43. The van der Waals surface area contributed by atoms with Gasteiger partial charge in [-0.15, -0.1) is 0 Å². The van der Waals surface area contributed by atoms with Crippen molar-refractivity contribution in [2.24, 2.45) is 0 Å². The molecule has 5 heteroatoms. The first kappa shape index (κ1) is 18.9. The number of ether oxygens (including phenoxy) is 1. The molecule has 1 amide bonds. The van der Waals surface area contributed by atoms with E-state index in [1.165, 1.54) is 5.56 Å². The Labute approximate surface area is 137 Å². The monoisotopic (exact) mass is 319 g/mol. The number of esters is 1. The topological polar surface area (TPSA) is 72.5 Å². The van der Waals surface area contributed by atoms with Gasteiger partial charge in [-0.1, -0.05) is 31.2 Å². The summed E-state index contributed by atoms with van der Waals surface area (Å²) in [5.74, 6) is -0.629. The summed E-state index contributed by atoms with van der Waals surface area (Å²) >= 11 is 0. The fraction of sp³-hybridized carbons (Fsp3) is 0.500. The van der Waals surface area contributed by atoms with Crippen molar-refractivity contribution in [3.63, 3.8) is 0 Å². The maximum Gasteiger partial charge on any atom is 0.307 e. The lowest BCUT2D eigenvalue weighted by Crippen LogP contribution is -2.27. The smallest absolute Gasteiger partial charge is 0.307 e. The number of hydrogen-bond acceptors (Lipinski definition) is 4. The van der Waals surface area contributed by atoms with Crippen LogP contribution in [0.4, 0.5) is 0 Å². The minimum atomic E-state index is -0.340. The molecule has 0 fully saturated rings. The molecule has 0 heterocycles. The molecule has 126 valence electrons. The van der Waals surface area contributed by atoms with Crippen LogP contribution < -0.4 is 5.32 Å². The highest BCUT2D eigenvalue weighted by Gasteiger charge is 2.10. The Bertz CT molecular complexity index is 534. The van der Waals surface area contributed by atoms with E-state index in [1.54, 1.807) is 26.0 Å². The number of aryl methyl sites for hydroxylation is 1. The Hall–Kier alpha value is -2.17. The SMILES string of the molecule is CCc1ccc(C(=O)CCC(=O)NCCC(=O)OC(C)C)cc1. The highest BCUT2D eigenvalue weighted by Crippen LogP contribution is 2.08. The van der Waals surface area contributed by atoms with Crippen molar-refractivity contribution in [1.29, 1.82) is 0 Å². The molecule has 0 aliphatic rings. The van der Waals surface area contributed by atoms with Gasteiger partial charge in [-0.3, -0.25) is 14.4 Å². The van der Waals surface area contributed by atoms with Gasteiger partial charge in [0.2, 0.25) is 5.91 Å². The van der Waals surface area contributed by atoms with E-state index >= 15 is 0 Å². The number of benzene rings is 1. The number of carbonyl (C=O) groups excluding carboxylic acids is 3. The number of amides is 1. The van der Waals surface area contributed by atoms with E-state index in [2.05, 4.69) is 12.2 Å². The molecule has 1 aromatic rings. The molecule has 0 spiro atoms. The zero-order valence-electron chi connectivity index (χ0n) is 14.1.